The molecule has 0 saturated carbocycles. The van der Waals surface area contributed by atoms with Crippen LogP contribution in [-0.2, 0) is 4.79 Å². The summed E-state index contributed by atoms with van der Waals surface area (Å²) < 4.78 is 12.8. The van der Waals surface area contributed by atoms with E-state index in [9.17, 15) is 9.18 Å². The van der Waals surface area contributed by atoms with E-state index in [1.807, 2.05) is 6.92 Å². The Morgan fingerprint density at radius 3 is 2.80 bits per heavy atom. The average molecular weight is 279 g/mol. The fourth-order valence-corrected chi connectivity index (χ4v) is 2.57. The van der Waals surface area contributed by atoms with Crippen LogP contribution in [0.2, 0.25) is 0 Å². The lowest BCUT2D eigenvalue weighted by Crippen LogP contribution is -2.37. The second-order valence-corrected chi connectivity index (χ2v) is 5.47. The second-order valence-electron chi connectivity index (χ2n) is 5.47. The van der Waals surface area contributed by atoms with E-state index >= 15 is 0 Å². The Labute approximate surface area is 119 Å². The summed E-state index contributed by atoms with van der Waals surface area (Å²) in [5.41, 5.74) is 6.54. The number of carbonyl (C=O) groups excluding carboxylic acids is 1. The fourth-order valence-electron chi connectivity index (χ4n) is 2.57. The van der Waals surface area contributed by atoms with Gasteiger partial charge in [0.05, 0.1) is 12.6 Å². The Balaban J connectivity index is 1.81. The monoisotopic (exact) mass is 279 g/mol. The van der Waals surface area contributed by atoms with E-state index in [4.69, 9.17) is 5.73 Å². The molecular formula is C15H22FN3O. The van der Waals surface area contributed by atoms with Crippen LogP contribution < -0.4 is 11.1 Å². The number of nitrogens with one attached hydrogen (secondary N) is 1. The summed E-state index contributed by atoms with van der Waals surface area (Å²) in [7, 11) is 0. The lowest BCUT2D eigenvalue weighted by Gasteiger charge is -2.18. The summed E-state index contributed by atoms with van der Waals surface area (Å²) in [6.45, 7) is 4.82. The predicted molar refractivity (Wildman–Crippen MR) is 76.6 cm³/mol. The Kier molecular flexibility index (Phi) is 5.09. The van der Waals surface area contributed by atoms with Gasteiger partial charge in [0, 0.05) is 6.54 Å². The summed E-state index contributed by atoms with van der Waals surface area (Å²) in [4.78, 5) is 14.1. The van der Waals surface area contributed by atoms with Crippen LogP contribution in [0.5, 0.6) is 0 Å². The van der Waals surface area contributed by atoms with Gasteiger partial charge in [-0.05, 0) is 50.0 Å². The minimum atomic E-state index is -0.267. The van der Waals surface area contributed by atoms with Crippen LogP contribution in [0.1, 0.15) is 24.9 Å². The zero-order valence-electron chi connectivity index (χ0n) is 11.8. The summed E-state index contributed by atoms with van der Waals surface area (Å²) in [6.07, 6.45) is 1.07. The number of likely N-dealkylation sites (tertiary alicyclic amines) is 1. The molecule has 20 heavy (non-hydrogen) atoms. The quantitative estimate of drug-likeness (QED) is 0.853. The molecule has 1 aliphatic rings. The number of nitrogens with two attached hydrogens (primary N) is 1. The maximum atomic E-state index is 12.8. The van der Waals surface area contributed by atoms with Crippen molar-refractivity contribution in [2.75, 3.05) is 26.2 Å². The smallest absolute Gasteiger partial charge is 0.234 e. The van der Waals surface area contributed by atoms with Crippen molar-refractivity contribution < 1.29 is 9.18 Å². The van der Waals surface area contributed by atoms with Crippen molar-refractivity contribution in [2.45, 2.75) is 19.4 Å². The van der Waals surface area contributed by atoms with Gasteiger partial charge in [0.2, 0.25) is 5.91 Å². The van der Waals surface area contributed by atoms with Gasteiger partial charge in [0.15, 0.2) is 0 Å². The van der Waals surface area contributed by atoms with E-state index in [2.05, 4.69) is 10.2 Å². The van der Waals surface area contributed by atoms with E-state index in [0.29, 0.717) is 19.0 Å². The zero-order valence-corrected chi connectivity index (χ0v) is 11.8. The molecule has 2 atom stereocenters. The Hall–Kier alpha value is -1.46. The standard InChI is InChI=1S/C15H22FN3O/c1-11(13-2-4-14(16)5-3-13)18-15(20)10-19-7-6-12(8-17)9-19/h2-5,11-12H,6-10,17H2,1H3,(H,18,20). The molecule has 0 aliphatic carbocycles. The first-order valence-electron chi connectivity index (χ1n) is 7.05. The summed E-state index contributed by atoms with van der Waals surface area (Å²) in [5, 5.41) is 2.94. The van der Waals surface area contributed by atoms with Gasteiger partial charge < -0.3 is 11.1 Å². The third kappa shape index (κ3) is 4.02. The highest BCUT2D eigenvalue weighted by atomic mass is 19.1. The normalized spacial score (nSPS) is 20.9. The van der Waals surface area contributed by atoms with Crippen molar-refractivity contribution in [3.05, 3.63) is 35.6 Å². The first kappa shape index (κ1) is 14.9. The first-order chi connectivity index (χ1) is 9.58. The number of benzene rings is 1. The fraction of sp³-hybridized carbons (Fsp3) is 0.533. The largest absolute Gasteiger partial charge is 0.348 e. The highest BCUT2D eigenvalue weighted by Gasteiger charge is 2.23. The molecule has 0 aromatic heterocycles. The number of rotatable bonds is 5. The number of halogens is 1. The van der Waals surface area contributed by atoms with Crippen LogP contribution >= 0.6 is 0 Å². The van der Waals surface area contributed by atoms with Crippen molar-refractivity contribution in [1.29, 1.82) is 0 Å². The van der Waals surface area contributed by atoms with Crippen molar-refractivity contribution >= 4 is 5.91 Å². The van der Waals surface area contributed by atoms with Crippen molar-refractivity contribution in [3.63, 3.8) is 0 Å². The van der Waals surface area contributed by atoms with Crippen LogP contribution in [0.3, 0.4) is 0 Å². The van der Waals surface area contributed by atoms with E-state index < -0.39 is 0 Å². The number of nitrogens with zero attached hydrogens (tertiary/aromatic N) is 1. The van der Waals surface area contributed by atoms with Gasteiger partial charge in [-0.1, -0.05) is 12.1 Å². The molecule has 3 N–H and O–H groups in total. The van der Waals surface area contributed by atoms with Crippen LogP contribution in [-0.4, -0.2) is 37.0 Å². The summed E-state index contributed by atoms with van der Waals surface area (Å²) in [6, 6.07) is 6.09. The molecule has 1 heterocycles. The molecule has 1 amide bonds. The van der Waals surface area contributed by atoms with Gasteiger partial charge in [-0.25, -0.2) is 4.39 Å². The molecule has 1 aromatic rings. The molecular weight excluding hydrogens is 257 g/mol. The third-order valence-electron chi connectivity index (χ3n) is 3.82. The molecule has 1 fully saturated rings. The molecule has 1 saturated heterocycles. The van der Waals surface area contributed by atoms with Gasteiger partial charge in [-0.2, -0.15) is 0 Å². The van der Waals surface area contributed by atoms with Gasteiger partial charge in [0.25, 0.3) is 0 Å². The molecule has 5 heteroatoms. The highest BCUT2D eigenvalue weighted by Crippen LogP contribution is 2.15. The minimum Gasteiger partial charge on any atom is -0.348 e. The lowest BCUT2D eigenvalue weighted by atomic mass is 10.1. The van der Waals surface area contributed by atoms with Crippen LogP contribution in [0, 0.1) is 11.7 Å². The summed E-state index contributed by atoms with van der Waals surface area (Å²) in [5.74, 6) is 0.244. The minimum absolute atomic E-state index is 0.000466. The number of carbonyl (C=O) groups is 1. The zero-order chi connectivity index (χ0) is 14.5. The molecule has 0 radical (unpaired) electrons. The summed E-state index contributed by atoms with van der Waals surface area (Å²) >= 11 is 0. The molecule has 0 spiro atoms. The van der Waals surface area contributed by atoms with Crippen LogP contribution in [0.15, 0.2) is 24.3 Å². The molecule has 110 valence electrons. The highest BCUT2D eigenvalue weighted by molar-refractivity contribution is 5.78. The van der Waals surface area contributed by atoms with Gasteiger partial charge in [-0.15, -0.1) is 0 Å². The van der Waals surface area contributed by atoms with E-state index in [1.54, 1.807) is 12.1 Å². The van der Waals surface area contributed by atoms with E-state index in [0.717, 1.165) is 25.1 Å². The lowest BCUT2D eigenvalue weighted by molar-refractivity contribution is -0.122. The molecule has 2 rings (SSSR count). The van der Waals surface area contributed by atoms with Crippen LogP contribution in [0.25, 0.3) is 0 Å². The first-order valence-corrected chi connectivity index (χ1v) is 7.05. The predicted octanol–water partition coefficient (Wildman–Crippen LogP) is 1.28. The Bertz CT molecular complexity index is 449. The van der Waals surface area contributed by atoms with Crippen molar-refractivity contribution in [3.8, 4) is 0 Å². The van der Waals surface area contributed by atoms with Gasteiger partial charge >= 0.3 is 0 Å². The van der Waals surface area contributed by atoms with E-state index in [1.165, 1.54) is 12.1 Å². The Morgan fingerprint density at radius 2 is 2.20 bits per heavy atom. The number of hydrogen-bond donors (Lipinski definition) is 2. The maximum absolute atomic E-state index is 12.8. The van der Waals surface area contributed by atoms with Crippen molar-refractivity contribution in [2.24, 2.45) is 11.7 Å². The van der Waals surface area contributed by atoms with Gasteiger partial charge in [0.1, 0.15) is 5.82 Å². The number of amides is 1. The van der Waals surface area contributed by atoms with Crippen LogP contribution in [0.4, 0.5) is 4.39 Å². The second kappa shape index (κ2) is 6.81. The molecule has 4 nitrogen and oxygen atoms in total. The topological polar surface area (TPSA) is 58.4 Å². The molecule has 1 aromatic carbocycles. The third-order valence-corrected chi connectivity index (χ3v) is 3.82. The van der Waals surface area contributed by atoms with E-state index in [-0.39, 0.29) is 17.8 Å². The Morgan fingerprint density at radius 1 is 1.50 bits per heavy atom. The van der Waals surface area contributed by atoms with Crippen molar-refractivity contribution in [1.82, 2.24) is 10.2 Å². The molecule has 1 aliphatic heterocycles. The number of hydrogen-bond acceptors (Lipinski definition) is 3. The molecule has 2 unspecified atom stereocenters. The average Bonchev–Trinajstić information content (AvgIpc) is 2.86. The molecule has 0 bridgehead atoms. The SMILES string of the molecule is CC(NC(=O)CN1CCC(CN)C1)c1ccc(F)cc1. The maximum Gasteiger partial charge on any atom is 0.234 e. The van der Waals surface area contributed by atoms with Gasteiger partial charge in [-0.3, -0.25) is 9.69 Å².